The van der Waals surface area contributed by atoms with E-state index in [2.05, 4.69) is 60.9 Å². The number of alkyl halides is 1. The Morgan fingerprint density at radius 3 is 2.23 bits per heavy atom. The van der Waals surface area contributed by atoms with Gasteiger partial charge in [0.1, 0.15) is 5.82 Å². The third-order valence-corrected chi connectivity index (χ3v) is 7.78. The Hall–Kier alpha value is -3.98. The van der Waals surface area contributed by atoms with Gasteiger partial charge < -0.3 is 10.6 Å². The van der Waals surface area contributed by atoms with Gasteiger partial charge in [0.2, 0.25) is 0 Å². The van der Waals surface area contributed by atoms with E-state index in [1.807, 2.05) is 36.4 Å². The first-order valence-corrected chi connectivity index (χ1v) is 15.6. The van der Waals surface area contributed by atoms with Crippen LogP contribution in [0.1, 0.15) is 38.4 Å². The van der Waals surface area contributed by atoms with Gasteiger partial charge in [-0.3, -0.25) is 14.6 Å². The summed E-state index contributed by atoms with van der Waals surface area (Å²) < 4.78 is 1.52. The van der Waals surface area contributed by atoms with Crippen LogP contribution in [-0.2, 0) is 12.8 Å². The molecule has 0 spiro atoms. The van der Waals surface area contributed by atoms with Crippen LogP contribution in [0.15, 0.2) is 97.2 Å². The topological polar surface area (TPSA) is 88.9 Å². The molecule has 3 aromatic carbocycles. The van der Waals surface area contributed by atoms with Crippen LogP contribution in [0, 0.1) is 0 Å². The number of halogens is 3. The predicted molar refractivity (Wildman–Crippen MR) is 176 cm³/mol. The lowest BCUT2D eigenvalue weighted by Crippen LogP contribution is -2.25. The highest BCUT2D eigenvalue weighted by molar-refractivity contribution is 9.09. The molecule has 2 aromatic heterocycles. The molecule has 0 aliphatic heterocycles. The van der Waals surface area contributed by atoms with Gasteiger partial charge in [-0.15, -0.1) is 0 Å². The Kier molecular flexibility index (Phi) is 10.3. The summed E-state index contributed by atoms with van der Waals surface area (Å²) in [4.78, 5) is 30.9. The van der Waals surface area contributed by atoms with E-state index < -0.39 is 5.91 Å². The van der Waals surface area contributed by atoms with E-state index >= 15 is 0 Å². The fourth-order valence-electron chi connectivity index (χ4n) is 4.54. The van der Waals surface area contributed by atoms with Crippen molar-refractivity contribution < 1.29 is 9.59 Å². The Morgan fingerprint density at radius 1 is 0.814 bits per heavy atom. The van der Waals surface area contributed by atoms with E-state index in [1.54, 1.807) is 30.5 Å². The van der Waals surface area contributed by atoms with Crippen molar-refractivity contribution in [2.45, 2.75) is 19.3 Å². The average Bonchev–Trinajstić information content (AvgIpc) is 3.45. The van der Waals surface area contributed by atoms with E-state index in [0.29, 0.717) is 34.3 Å². The maximum absolute atomic E-state index is 13.5. The summed E-state index contributed by atoms with van der Waals surface area (Å²) in [7, 11) is 0. The number of pyridine rings is 1. The molecule has 2 heterocycles. The van der Waals surface area contributed by atoms with Gasteiger partial charge in [-0.2, -0.15) is 5.10 Å². The number of para-hydroxylation sites is 1. The number of hydrogen-bond donors (Lipinski definition) is 2. The molecule has 0 unspecified atom stereocenters. The molecule has 0 saturated carbocycles. The molecule has 7 nitrogen and oxygen atoms in total. The monoisotopic (exact) mass is 675 g/mol. The Balaban J connectivity index is 1.31. The molecule has 0 bridgehead atoms. The van der Waals surface area contributed by atoms with Crippen molar-refractivity contribution in [3.05, 3.63) is 130 Å². The maximum Gasteiger partial charge on any atom is 0.271 e. The molecular weight excluding hydrogens is 649 g/mol. The first-order chi connectivity index (χ1) is 20.9. The zero-order valence-corrected chi connectivity index (χ0v) is 26.2. The van der Waals surface area contributed by atoms with Crippen LogP contribution in [0.5, 0.6) is 0 Å². The van der Waals surface area contributed by atoms with Crippen molar-refractivity contribution >= 4 is 56.8 Å². The lowest BCUT2D eigenvalue weighted by atomic mass is 10.1. The fourth-order valence-corrected chi connectivity index (χ4v) is 5.56. The number of aryl methyl sites for hydroxylation is 2. The van der Waals surface area contributed by atoms with Crippen molar-refractivity contribution in [3.63, 3.8) is 0 Å². The summed E-state index contributed by atoms with van der Waals surface area (Å²) >= 11 is 16.3. The second-order valence-corrected chi connectivity index (χ2v) is 11.4. The number of rotatable bonds is 11. The van der Waals surface area contributed by atoms with Crippen molar-refractivity contribution in [3.8, 4) is 16.9 Å². The number of nitrogens with zero attached hydrogens (tertiary/aromatic N) is 3. The fraction of sp³-hybridized carbons (Fsp3) is 0.152. The number of anilines is 1. The van der Waals surface area contributed by atoms with Crippen LogP contribution in [0.25, 0.3) is 16.9 Å². The summed E-state index contributed by atoms with van der Waals surface area (Å²) in [6, 6.07) is 27.9. The maximum atomic E-state index is 13.5. The van der Waals surface area contributed by atoms with Crippen LogP contribution in [-0.4, -0.2) is 38.5 Å². The van der Waals surface area contributed by atoms with E-state index in [4.69, 9.17) is 23.2 Å². The lowest BCUT2D eigenvalue weighted by Gasteiger charge is -2.12. The predicted octanol–water partition coefficient (Wildman–Crippen LogP) is 7.79. The zero-order chi connectivity index (χ0) is 30.2. The van der Waals surface area contributed by atoms with E-state index in [-0.39, 0.29) is 22.2 Å². The second-order valence-electron chi connectivity index (χ2n) is 9.76. The van der Waals surface area contributed by atoms with Crippen LogP contribution in [0.3, 0.4) is 0 Å². The van der Waals surface area contributed by atoms with E-state index in [9.17, 15) is 9.59 Å². The van der Waals surface area contributed by atoms with Crippen molar-refractivity contribution in [2.24, 2.45) is 0 Å². The quantitative estimate of drug-likeness (QED) is 0.110. The summed E-state index contributed by atoms with van der Waals surface area (Å²) in [5.74, 6) is -0.500. The number of carbonyl (C=O) groups excluding carboxylic acids is 2. The molecule has 5 aromatic rings. The minimum Gasteiger partial charge on any atom is -0.351 e. The normalized spacial score (nSPS) is 10.9. The average molecular weight is 677 g/mol. The number of benzene rings is 3. The molecule has 0 fully saturated rings. The highest BCUT2D eigenvalue weighted by Gasteiger charge is 2.20. The summed E-state index contributed by atoms with van der Waals surface area (Å²) in [5, 5.41) is 11.8. The van der Waals surface area contributed by atoms with Crippen LogP contribution in [0.2, 0.25) is 10.0 Å². The number of aromatic nitrogens is 3. The van der Waals surface area contributed by atoms with Crippen LogP contribution < -0.4 is 10.6 Å². The second kappa shape index (κ2) is 14.5. The van der Waals surface area contributed by atoms with E-state index in [1.165, 1.54) is 21.9 Å². The number of amides is 2. The highest BCUT2D eigenvalue weighted by atomic mass is 79.9. The molecule has 2 N–H and O–H groups in total. The first-order valence-electron chi connectivity index (χ1n) is 13.7. The van der Waals surface area contributed by atoms with Gasteiger partial charge in [-0.25, -0.2) is 4.68 Å². The Morgan fingerprint density at radius 2 is 1.53 bits per heavy atom. The number of hydrogen-bond acceptors (Lipinski definition) is 4. The highest BCUT2D eigenvalue weighted by Crippen LogP contribution is 2.32. The van der Waals surface area contributed by atoms with Crippen LogP contribution in [0.4, 0.5) is 5.82 Å². The van der Waals surface area contributed by atoms with Crippen molar-refractivity contribution in [1.82, 2.24) is 20.1 Å². The first kappa shape index (κ1) is 30.5. The van der Waals surface area contributed by atoms with Gasteiger partial charge in [0.25, 0.3) is 11.8 Å². The van der Waals surface area contributed by atoms with Gasteiger partial charge >= 0.3 is 0 Å². The minimum absolute atomic E-state index is 0.176. The Bertz CT molecular complexity index is 1710. The van der Waals surface area contributed by atoms with Gasteiger partial charge in [-0.05, 0) is 66.8 Å². The molecular formula is C33H28BrCl2N5O2. The molecule has 43 heavy (non-hydrogen) atoms. The SMILES string of the molecule is O=C(NCCCc1ccc(CCBr)cc1)c1cc(NC(=O)c2cc(-c3ccccn3)c(Cl)cc2Cl)n(-c2ccccc2)n1. The largest absolute Gasteiger partial charge is 0.351 e. The summed E-state index contributed by atoms with van der Waals surface area (Å²) in [6.07, 6.45) is 4.26. The third-order valence-electron chi connectivity index (χ3n) is 6.76. The van der Waals surface area contributed by atoms with Gasteiger partial charge in [-0.1, -0.05) is 87.7 Å². The molecule has 218 valence electrons. The molecule has 0 saturated heterocycles. The third kappa shape index (κ3) is 7.70. The standard InChI is InChI=1S/C33H28BrCl2N5O2/c34-16-15-23-13-11-22(12-14-23)7-6-18-38-33(43)30-21-31(41(40-30)24-8-2-1-3-9-24)39-32(42)26-19-25(27(35)20-28(26)36)29-10-4-5-17-37-29/h1-5,8-14,17,19-21H,6-7,15-16,18H2,(H,38,43)(H,39,42). The minimum atomic E-state index is -0.481. The number of nitrogens with one attached hydrogen (secondary N) is 2. The molecule has 5 rings (SSSR count). The smallest absolute Gasteiger partial charge is 0.271 e. The lowest BCUT2D eigenvalue weighted by molar-refractivity contribution is 0.0947. The van der Waals surface area contributed by atoms with Gasteiger partial charge in [0, 0.05) is 29.7 Å². The van der Waals surface area contributed by atoms with Gasteiger partial charge in [0.15, 0.2) is 5.69 Å². The van der Waals surface area contributed by atoms with Gasteiger partial charge in [0.05, 0.1) is 27.0 Å². The van der Waals surface area contributed by atoms with E-state index in [0.717, 1.165) is 24.6 Å². The summed E-state index contributed by atoms with van der Waals surface area (Å²) in [5.41, 5.74) is 4.75. The van der Waals surface area contributed by atoms with Crippen molar-refractivity contribution in [2.75, 3.05) is 17.2 Å². The zero-order valence-electron chi connectivity index (χ0n) is 23.1. The molecule has 0 aliphatic carbocycles. The molecule has 0 radical (unpaired) electrons. The van der Waals surface area contributed by atoms with Crippen molar-refractivity contribution in [1.29, 1.82) is 0 Å². The van der Waals surface area contributed by atoms with Crippen LogP contribution >= 0.6 is 39.1 Å². The molecule has 10 heteroatoms. The molecule has 0 atom stereocenters. The Labute approximate surface area is 268 Å². The number of carbonyl (C=O) groups is 2. The summed E-state index contributed by atoms with van der Waals surface area (Å²) in [6.45, 7) is 0.485. The molecule has 0 aliphatic rings. The molecule has 2 amide bonds.